The molecule has 3 N–H and O–H groups in total. The number of hydrogen-bond acceptors (Lipinski definition) is 6. The number of aliphatic hydroxyl groups excluding tert-OH is 1. The first-order valence-corrected chi connectivity index (χ1v) is 11.7. The van der Waals surface area contributed by atoms with Gasteiger partial charge in [-0.3, -0.25) is 0 Å². The van der Waals surface area contributed by atoms with E-state index in [1.165, 1.54) is 10.6 Å². The largest absolute Gasteiger partial charge is 0.394 e. The predicted molar refractivity (Wildman–Crippen MR) is 126 cm³/mol. The van der Waals surface area contributed by atoms with E-state index >= 15 is 0 Å². The number of imidazole rings is 1. The van der Waals surface area contributed by atoms with E-state index in [-0.39, 0.29) is 24.3 Å². The molecular formula is C24H27F3N6O2. The van der Waals surface area contributed by atoms with Gasteiger partial charge >= 0.3 is 0 Å². The lowest BCUT2D eigenvalue weighted by atomic mass is 9.93. The Bertz CT molecular complexity index is 1330. The van der Waals surface area contributed by atoms with Gasteiger partial charge in [0.2, 0.25) is 5.95 Å². The molecule has 4 aromatic rings. The number of aliphatic hydroxyl groups is 1. The third-order valence-electron chi connectivity index (χ3n) is 6.51. The fourth-order valence-electron chi connectivity index (χ4n) is 4.81. The molecule has 1 aromatic carbocycles. The number of fused-ring (bicyclic) bond motifs is 2. The van der Waals surface area contributed by atoms with Crippen molar-refractivity contribution in [2.45, 2.75) is 57.7 Å². The molecule has 0 spiro atoms. The maximum absolute atomic E-state index is 14.9. The average Bonchev–Trinajstić information content (AvgIpc) is 3.39. The SMILES string of the molecule is Cc1nc2c(F)cc(-c3c[nH]c4nc(N[C@H]5CC[C@H](OCCO)CC5)ncc34)cc2n1CC(F)F. The van der Waals surface area contributed by atoms with E-state index in [1.807, 2.05) is 0 Å². The van der Waals surface area contributed by atoms with E-state index in [0.717, 1.165) is 25.7 Å². The zero-order valence-corrected chi connectivity index (χ0v) is 19.3. The fourth-order valence-corrected chi connectivity index (χ4v) is 4.81. The third-order valence-corrected chi connectivity index (χ3v) is 6.51. The highest BCUT2D eigenvalue weighted by molar-refractivity contribution is 5.96. The van der Waals surface area contributed by atoms with Gasteiger partial charge in [0.25, 0.3) is 6.43 Å². The Morgan fingerprint density at radius 3 is 2.77 bits per heavy atom. The van der Waals surface area contributed by atoms with Crippen molar-refractivity contribution < 1.29 is 23.0 Å². The van der Waals surface area contributed by atoms with Gasteiger partial charge in [-0.2, -0.15) is 4.98 Å². The Labute approximate surface area is 199 Å². The smallest absolute Gasteiger partial charge is 0.256 e. The normalized spacial score (nSPS) is 18.7. The molecule has 0 aliphatic heterocycles. The van der Waals surface area contributed by atoms with Crippen LogP contribution in [0.15, 0.2) is 24.5 Å². The van der Waals surface area contributed by atoms with Crippen LogP contribution in [0, 0.1) is 12.7 Å². The molecule has 1 fully saturated rings. The van der Waals surface area contributed by atoms with Gasteiger partial charge in [0.05, 0.1) is 31.4 Å². The van der Waals surface area contributed by atoms with E-state index < -0.39 is 18.8 Å². The van der Waals surface area contributed by atoms with Crippen molar-refractivity contribution in [3.63, 3.8) is 0 Å². The molecule has 1 saturated carbocycles. The zero-order valence-electron chi connectivity index (χ0n) is 19.3. The van der Waals surface area contributed by atoms with Gasteiger partial charge in [0.15, 0.2) is 5.82 Å². The number of halogens is 3. The van der Waals surface area contributed by atoms with Crippen molar-refractivity contribution in [1.82, 2.24) is 24.5 Å². The molecule has 1 aliphatic rings. The number of aryl methyl sites for hydroxylation is 1. The van der Waals surface area contributed by atoms with Crippen molar-refractivity contribution in [2.24, 2.45) is 0 Å². The molecule has 3 aromatic heterocycles. The molecule has 8 nitrogen and oxygen atoms in total. The Morgan fingerprint density at radius 1 is 1.23 bits per heavy atom. The highest BCUT2D eigenvalue weighted by atomic mass is 19.3. The number of hydrogen-bond donors (Lipinski definition) is 3. The summed E-state index contributed by atoms with van der Waals surface area (Å²) in [4.78, 5) is 16.3. The number of nitrogens with zero attached hydrogens (tertiary/aromatic N) is 4. The maximum atomic E-state index is 14.9. The van der Waals surface area contributed by atoms with Gasteiger partial charge < -0.3 is 24.7 Å². The lowest BCUT2D eigenvalue weighted by Crippen LogP contribution is -2.30. The predicted octanol–water partition coefficient (Wildman–Crippen LogP) is 4.42. The number of benzene rings is 1. The van der Waals surface area contributed by atoms with Crippen LogP contribution in [0.3, 0.4) is 0 Å². The quantitative estimate of drug-likeness (QED) is 0.340. The number of aromatic amines is 1. The molecule has 0 unspecified atom stereocenters. The molecule has 0 amide bonds. The highest BCUT2D eigenvalue weighted by Gasteiger charge is 2.23. The summed E-state index contributed by atoms with van der Waals surface area (Å²) in [5.74, 6) is 0.266. The summed E-state index contributed by atoms with van der Waals surface area (Å²) < 4.78 is 48.0. The first kappa shape index (κ1) is 23.6. The van der Waals surface area contributed by atoms with Crippen LogP contribution in [0.4, 0.5) is 19.1 Å². The minimum Gasteiger partial charge on any atom is -0.394 e. The van der Waals surface area contributed by atoms with Crippen LogP contribution in [-0.2, 0) is 11.3 Å². The second-order valence-corrected chi connectivity index (χ2v) is 8.86. The molecule has 11 heteroatoms. The van der Waals surface area contributed by atoms with Gasteiger partial charge in [-0.1, -0.05) is 0 Å². The lowest BCUT2D eigenvalue weighted by molar-refractivity contribution is 0.00719. The van der Waals surface area contributed by atoms with E-state index in [2.05, 4.69) is 25.3 Å². The first-order chi connectivity index (χ1) is 16.9. The van der Waals surface area contributed by atoms with Crippen molar-refractivity contribution in [2.75, 3.05) is 18.5 Å². The van der Waals surface area contributed by atoms with Crippen molar-refractivity contribution >= 4 is 28.0 Å². The van der Waals surface area contributed by atoms with Crippen LogP contribution in [0.25, 0.3) is 33.2 Å². The van der Waals surface area contributed by atoms with Crippen molar-refractivity contribution in [3.05, 3.63) is 36.2 Å². The number of aromatic nitrogens is 5. The molecule has 1 aliphatic carbocycles. The molecule has 0 atom stereocenters. The lowest BCUT2D eigenvalue weighted by Gasteiger charge is -2.28. The van der Waals surface area contributed by atoms with Crippen molar-refractivity contribution in [1.29, 1.82) is 0 Å². The highest BCUT2D eigenvalue weighted by Crippen LogP contribution is 2.32. The second kappa shape index (κ2) is 9.82. The summed E-state index contributed by atoms with van der Waals surface area (Å²) in [5, 5.41) is 13.0. The van der Waals surface area contributed by atoms with Gasteiger partial charge in [-0.15, -0.1) is 0 Å². The summed E-state index contributed by atoms with van der Waals surface area (Å²) in [7, 11) is 0. The molecule has 3 heterocycles. The molecule has 5 rings (SSSR count). The van der Waals surface area contributed by atoms with E-state index in [1.54, 1.807) is 25.4 Å². The zero-order chi connectivity index (χ0) is 24.5. The number of anilines is 1. The average molecular weight is 489 g/mol. The monoisotopic (exact) mass is 488 g/mol. The van der Waals surface area contributed by atoms with Crippen molar-refractivity contribution in [3.8, 4) is 11.1 Å². The summed E-state index contributed by atoms with van der Waals surface area (Å²) in [6.45, 7) is 1.43. The number of alkyl halides is 2. The molecule has 186 valence electrons. The minimum absolute atomic E-state index is 0.0314. The first-order valence-electron chi connectivity index (χ1n) is 11.7. The van der Waals surface area contributed by atoms with Crippen LogP contribution < -0.4 is 5.32 Å². The molecule has 0 saturated heterocycles. The number of nitrogens with one attached hydrogen (secondary N) is 2. The summed E-state index contributed by atoms with van der Waals surface area (Å²) in [6, 6.07) is 3.26. The van der Waals surface area contributed by atoms with Crippen LogP contribution in [0.2, 0.25) is 0 Å². The summed E-state index contributed by atoms with van der Waals surface area (Å²) in [6.07, 6.45) is 4.63. The third kappa shape index (κ3) is 4.83. The standard InChI is InChI=1S/C24H27F3N6O2/c1-13-30-22-19(25)8-14(9-20(22)33(13)12-21(26)27)17-10-28-23-18(17)11-29-24(32-23)31-15-2-4-16(5-3-15)35-7-6-34/h8-11,15-16,21,34H,2-7,12H2,1H3,(H2,28,29,31,32)/t15-,16-. The van der Waals surface area contributed by atoms with Gasteiger partial charge in [0, 0.05) is 29.4 Å². The summed E-state index contributed by atoms with van der Waals surface area (Å²) >= 11 is 0. The van der Waals surface area contributed by atoms with E-state index in [9.17, 15) is 13.2 Å². The Morgan fingerprint density at radius 2 is 2.03 bits per heavy atom. The number of ether oxygens (including phenoxy) is 1. The van der Waals surface area contributed by atoms with Crippen LogP contribution in [0.5, 0.6) is 0 Å². The second-order valence-electron chi connectivity index (χ2n) is 8.86. The maximum Gasteiger partial charge on any atom is 0.256 e. The van der Waals surface area contributed by atoms with E-state index in [0.29, 0.717) is 46.1 Å². The number of rotatable bonds is 8. The fraction of sp³-hybridized carbons (Fsp3) is 0.458. The Kier molecular flexibility index (Phi) is 6.61. The van der Waals surface area contributed by atoms with Gasteiger partial charge in [-0.25, -0.2) is 23.1 Å². The topological polar surface area (TPSA) is 101 Å². The van der Waals surface area contributed by atoms with E-state index in [4.69, 9.17) is 9.84 Å². The Balaban J connectivity index is 1.38. The van der Waals surface area contributed by atoms with Crippen LogP contribution in [0.1, 0.15) is 31.5 Å². The molecule has 0 bridgehead atoms. The minimum atomic E-state index is -2.58. The number of H-pyrrole nitrogens is 1. The molecular weight excluding hydrogens is 461 g/mol. The Hall–Kier alpha value is -3.18. The van der Waals surface area contributed by atoms with Crippen LogP contribution in [-0.4, -0.2) is 61.4 Å². The molecule has 35 heavy (non-hydrogen) atoms. The van der Waals surface area contributed by atoms with Gasteiger partial charge in [-0.05, 0) is 50.3 Å². The molecule has 0 radical (unpaired) electrons. The van der Waals surface area contributed by atoms with Crippen LogP contribution >= 0.6 is 0 Å². The van der Waals surface area contributed by atoms with Gasteiger partial charge in [0.1, 0.15) is 17.0 Å². The summed E-state index contributed by atoms with van der Waals surface area (Å²) in [5.41, 5.74) is 2.20.